The quantitative estimate of drug-likeness (QED) is 0.924. The second-order valence-electron chi connectivity index (χ2n) is 6.75. The van der Waals surface area contributed by atoms with E-state index in [9.17, 15) is 9.90 Å². The van der Waals surface area contributed by atoms with Crippen LogP contribution in [0.5, 0.6) is 0 Å². The number of hydrogen-bond acceptors (Lipinski definition) is 3. The summed E-state index contributed by atoms with van der Waals surface area (Å²) in [6, 6.07) is 4.32. The summed E-state index contributed by atoms with van der Waals surface area (Å²) in [5.41, 5.74) is 0.337. The highest BCUT2D eigenvalue weighted by Gasteiger charge is 2.36. The molecule has 1 atom stereocenters. The molecule has 0 aromatic carbocycles. The summed E-state index contributed by atoms with van der Waals surface area (Å²) >= 11 is 0. The molecule has 1 amide bonds. The van der Waals surface area contributed by atoms with Crippen LogP contribution >= 0.6 is 0 Å². The van der Waals surface area contributed by atoms with Gasteiger partial charge in [0.15, 0.2) is 0 Å². The van der Waals surface area contributed by atoms with Gasteiger partial charge in [-0.1, -0.05) is 0 Å². The molecule has 1 saturated heterocycles. The molecule has 1 saturated carbocycles. The number of amides is 1. The molecule has 116 valence electrons. The molecule has 5 nitrogen and oxygen atoms in total. The van der Waals surface area contributed by atoms with Gasteiger partial charge in [-0.2, -0.15) is 0 Å². The number of carbonyl (C=O) groups is 1. The molecule has 5 heteroatoms. The number of hydrogen-bond donors (Lipinski definition) is 1. The van der Waals surface area contributed by atoms with Crippen LogP contribution in [0, 0.1) is 0 Å². The van der Waals surface area contributed by atoms with E-state index in [0.29, 0.717) is 19.1 Å². The average Bonchev–Trinajstić information content (AvgIpc) is 2.82. The lowest BCUT2D eigenvalue weighted by Crippen LogP contribution is -2.55. The van der Waals surface area contributed by atoms with E-state index < -0.39 is 5.60 Å². The van der Waals surface area contributed by atoms with Crippen LogP contribution in [0.15, 0.2) is 18.3 Å². The summed E-state index contributed by atoms with van der Waals surface area (Å²) in [5.74, 6) is 0.0433. The fourth-order valence-corrected chi connectivity index (χ4v) is 3.27. The van der Waals surface area contributed by atoms with Gasteiger partial charge in [-0.05, 0) is 45.2 Å². The smallest absolute Gasteiger partial charge is 0.270 e. The predicted molar refractivity (Wildman–Crippen MR) is 79.3 cm³/mol. The summed E-state index contributed by atoms with van der Waals surface area (Å²) < 4.78 is 7.89. The summed E-state index contributed by atoms with van der Waals surface area (Å²) in [7, 11) is 0. The lowest BCUT2D eigenvalue weighted by atomic mass is 9.92. The van der Waals surface area contributed by atoms with Crippen molar-refractivity contribution in [2.45, 2.75) is 50.9 Å². The first-order valence-electron chi connectivity index (χ1n) is 7.75. The molecule has 2 fully saturated rings. The van der Waals surface area contributed by atoms with Crippen LogP contribution in [0.4, 0.5) is 0 Å². The topological polar surface area (TPSA) is 54.7 Å². The van der Waals surface area contributed by atoms with E-state index in [2.05, 4.69) is 4.57 Å². The van der Waals surface area contributed by atoms with E-state index in [0.717, 1.165) is 18.5 Å². The Morgan fingerprint density at radius 2 is 2.24 bits per heavy atom. The van der Waals surface area contributed by atoms with Crippen molar-refractivity contribution < 1.29 is 14.6 Å². The fraction of sp³-hybridized carbons (Fsp3) is 0.688. The molecule has 2 aliphatic rings. The maximum absolute atomic E-state index is 12.8. The van der Waals surface area contributed by atoms with Gasteiger partial charge >= 0.3 is 0 Å². The first-order chi connectivity index (χ1) is 10.00. The Morgan fingerprint density at radius 1 is 1.48 bits per heavy atom. The number of aromatic nitrogens is 1. The van der Waals surface area contributed by atoms with Crippen LogP contribution in [0.1, 0.15) is 49.6 Å². The average molecular weight is 292 g/mol. The number of morpholine rings is 1. The number of carbonyl (C=O) groups excluding carboxylic acids is 1. The number of rotatable bonds is 3. The van der Waals surface area contributed by atoms with Crippen LogP contribution in [-0.2, 0) is 4.74 Å². The van der Waals surface area contributed by atoms with Crippen molar-refractivity contribution in [3.05, 3.63) is 24.0 Å². The van der Waals surface area contributed by atoms with Gasteiger partial charge in [-0.3, -0.25) is 4.79 Å². The van der Waals surface area contributed by atoms with E-state index >= 15 is 0 Å². The van der Waals surface area contributed by atoms with Crippen LogP contribution in [0.2, 0.25) is 0 Å². The van der Waals surface area contributed by atoms with Crippen LogP contribution < -0.4 is 0 Å². The molecule has 1 unspecified atom stereocenters. The Morgan fingerprint density at radius 3 is 2.86 bits per heavy atom. The SMILES string of the molecule is CC1(C)CN(C(=O)c2cccn2C2CCC2)CC(CO)O1. The highest BCUT2D eigenvalue weighted by atomic mass is 16.5. The van der Waals surface area contributed by atoms with Crippen molar-refractivity contribution in [3.8, 4) is 0 Å². The third kappa shape index (κ3) is 2.85. The van der Waals surface area contributed by atoms with Crippen molar-refractivity contribution in [3.63, 3.8) is 0 Å². The standard InChI is InChI=1S/C16H24N2O3/c1-16(2)11-17(9-13(10-19)21-16)15(20)14-7-4-8-18(14)12-5-3-6-12/h4,7-8,12-13,19H,3,5-6,9-11H2,1-2H3. The number of nitrogens with zero attached hydrogens (tertiary/aromatic N) is 2. The third-order valence-electron chi connectivity index (χ3n) is 4.44. The molecule has 2 heterocycles. The Hall–Kier alpha value is -1.33. The summed E-state index contributed by atoms with van der Waals surface area (Å²) in [5, 5.41) is 9.38. The Balaban J connectivity index is 1.79. The fourth-order valence-electron chi connectivity index (χ4n) is 3.27. The van der Waals surface area contributed by atoms with Gasteiger partial charge in [0.2, 0.25) is 0 Å². The van der Waals surface area contributed by atoms with Gasteiger partial charge in [0.05, 0.1) is 18.3 Å². The Labute approximate surface area is 125 Å². The van der Waals surface area contributed by atoms with Crippen molar-refractivity contribution in [2.24, 2.45) is 0 Å². The summed E-state index contributed by atoms with van der Waals surface area (Å²) in [6.07, 6.45) is 5.26. The molecular weight excluding hydrogens is 268 g/mol. The minimum absolute atomic E-state index is 0.0433. The molecule has 1 aromatic rings. The first-order valence-corrected chi connectivity index (χ1v) is 7.75. The number of aliphatic hydroxyl groups excluding tert-OH is 1. The van der Waals surface area contributed by atoms with E-state index in [-0.39, 0.29) is 18.6 Å². The normalized spacial score (nSPS) is 25.7. The molecule has 21 heavy (non-hydrogen) atoms. The van der Waals surface area contributed by atoms with Crippen LogP contribution in [0.3, 0.4) is 0 Å². The highest BCUT2D eigenvalue weighted by Crippen LogP contribution is 2.33. The molecule has 1 N–H and O–H groups in total. The molecule has 3 rings (SSSR count). The molecule has 1 aliphatic heterocycles. The van der Waals surface area contributed by atoms with E-state index in [4.69, 9.17) is 4.74 Å². The van der Waals surface area contributed by atoms with Gasteiger partial charge in [0.1, 0.15) is 5.69 Å². The molecule has 0 radical (unpaired) electrons. The van der Waals surface area contributed by atoms with E-state index in [1.807, 2.05) is 37.1 Å². The highest BCUT2D eigenvalue weighted by molar-refractivity contribution is 5.93. The van der Waals surface area contributed by atoms with Crippen LogP contribution in [-0.4, -0.2) is 51.9 Å². The monoisotopic (exact) mass is 292 g/mol. The number of ether oxygens (including phenoxy) is 1. The van der Waals surface area contributed by atoms with Gasteiger partial charge in [0, 0.05) is 25.3 Å². The van der Waals surface area contributed by atoms with Gasteiger partial charge in [-0.25, -0.2) is 0 Å². The molecule has 0 spiro atoms. The second-order valence-corrected chi connectivity index (χ2v) is 6.75. The Bertz CT molecular complexity index is 519. The minimum atomic E-state index is -0.421. The zero-order valence-electron chi connectivity index (χ0n) is 12.8. The molecular formula is C16H24N2O3. The van der Waals surface area contributed by atoms with Crippen molar-refractivity contribution in [1.82, 2.24) is 9.47 Å². The van der Waals surface area contributed by atoms with Crippen molar-refractivity contribution in [2.75, 3.05) is 19.7 Å². The lowest BCUT2D eigenvalue weighted by molar-refractivity contribution is -0.139. The van der Waals surface area contributed by atoms with Crippen LogP contribution in [0.25, 0.3) is 0 Å². The largest absolute Gasteiger partial charge is 0.394 e. The maximum atomic E-state index is 12.8. The zero-order valence-corrected chi connectivity index (χ0v) is 12.8. The molecule has 0 bridgehead atoms. The second kappa shape index (κ2) is 5.46. The lowest BCUT2D eigenvalue weighted by Gasteiger charge is -2.42. The number of aliphatic hydroxyl groups is 1. The zero-order chi connectivity index (χ0) is 15.0. The molecule has 1 aliphatic carbocycles. The predicted octanol–water partition coefficient (Wildman–Crippen LogP) is 1.82. The molecule has 1 aromatic heterocycles. The van der Waals surface area contributed by atoms with Gasteiger partial charge in [0.25, 0.3) is 5.91 Å². The van der Waals surface area contributed by atoms with Crippen molar-refractivity contribution >= 4 is 5.91 Å². The first kappa shape index (κ1) is 14.6. The third-order valence-corrected chi connectivity index (χ3v) is 4.44. The minimum Gasteiger partial charge on any atom is -0.394 e. The van der Waals surface area contributed by atoms with Crippen molar-refractivity contribution in [1.29, 1.82) is 0 Å². The van der Waals surface area contributed by atoms with Gasteiger partial charge < -0.3 is 19.3 Å². The summed E-state index contributed by atoms with van der Waals surface area (Å²) in [6.45, 7) is 4.86. The van der Waals surface area contributed by atoms with E-state index in [1.165, 1.54) is 6.42 Å². The van der Waals surface area contributed by atoms with Gasteiger partial charge in [-0.15, -0.1) is 0 Å². The maximum Gasteiger partial charge on any atom is 0.270 e. The Kier molecular flexibility index (Phi) is 3.80. The summed E-state index contributed by atoms with van der Waals surface area (Å²) in [4.78, 5) is 14.7. The van der Waals surface area contributed by atoms with E-state index in [1.54, 1.807) is 0 Å².